The minimum Gasteiger partial charge on any atom is -0.354 e. The fraction of sp³-hybridized carbons (Fsp3) is 0.333. The Labute approximate surface area is 267 Å². The number of nitrogens with one attached hydrogen (secondary N) is 1. The Hall–Kier alpha value is -2.49. The van der Waals surface area contributed by atoms with Gasteiger partial charge in [0, 0.05) is 13.1 Å². The Bertz CT molecular complexity index is 1530. The van der Waals surface area contributed by atoms with Crippen molar-refractivity contribution in [3.8, 4) is 0 Å². The number of hydrogen-bond donors (Lipinski definition) is 1. The third-order valence-electron chi connectivity index (χ3n) is 6.49. The van der Waals surface area contributed by atoms with Gasteiger partial charge in [-0.2, -0.15) is 0 Å². The molecule has 3 aromatic rings. The molecule has 1 atom stereocenters. The number of carbonyl (C=O) groups is 2. The van der Waals surface area contributed by atoms with Crippen LogP contribution in [0.15, 0.2) is 65.6 Å². The second-order valence-electron chi connectivity index (χ2n) is 10.3. The molecule has 42 heavy (non-hydrogen) atoms. The molecule has 0 fully saturated rings. The predicted molar refractivity (Wildman–Crippen MR) is 171 cm³/mol. The lowest BCUT2D eigenvalue weighted by Gasteiger charge is -2.33. The van der Waals surface area contributed by atoms with Crippen molar-refractivity contribution in [2.75, 3.05) is 17.4 Å². The zero-order chi connectivity index (χ0) is 31.2. The van der Waals surface area contributed by atoms with E-state index in [1.807, 2.05) is 20.8 Å². The van der Waals surface area contributed by atoms with Crippen molar-refractivity contribution >= 4 is 73.9 Å². The smallest absolute Gasteiger partial charge is 0.264 e. The quantitative estimate of drug-likeness (QED) is 0.218. The molecule has 0 bridgehead atoms. The molecular weight excluding hydrogens is 640 g/mol. The highest BCUT2D eigenvalue weighted by Crippen LogP contribution is 2.31. The normalized spacial score (nSPS) is 12.2. The van der Waals surface area contributed by atoms with E-state index < -0.39 is 28.5 Å². The summed E-state index contributed by atoms with van der Waals surface area (Å²) >= 11 is 24.7. The minimum atomic E-state index is -4.24. The first-order valence-corrected chi connectivity index (χ1v) is 16.2. The van der Waals surface area contributed by atoms with Gasteiger partial charge in [-0.25, -0.2) is 8.42 Å². The molecule has 3 rings (SSSR count). The topological polar surface area (TPSA) is 86.8 Å². The second kappa shape index (κ2) is 14.8. The number of carbonyl (C=O) groups excluding carboxylic acids is 2. The lowest BCUT2D eigenvalue weighted by Crippen LogP contribution is -2.52. The van der Waals surface area contributed by atoms with Crippen molar-refractivity contribution in [2.45, 2.75) is 51.6 Å². The maximum atomic E-state index is 14.1. The highest BCUT2D eigenvalue weighted by Gasteiger charge is 2.34. The predicted octanol–water partition coefficient (Wildman–Crippen LogP) is 7.38. The van der Waals surface area contributed by atoms with E-state index in [0.717, 1.165) is 9.87 Å². The van der Waals surface area contributed by atoms with Crippen LogP contribution in [0.3, 0.4) is 0 Å². The number of halogens is 4. The van der Waals surface area contributed by atoms with E-state index >= 15 is 0 Å². The largest absolute Gasteiger partial charge is 0.354 e. The van der Waals surface area contributed by atoms with Gasteiger partial charge in [0.2, 0.25) is 11.8 Å². The fourth-order valence-corrected chi connectivity index (χ4v) is 6.20. The van der Waals surface area contributed by atoms with Gasteiger partial charge in [-0.1, -0.05) is 90.9 Å². The van der Waals surface area contributed by atoms with E-state index in [1.165, 1.54) is 35.2 Å². The summed E-state index contributed by atoms with van der Waals surface area (Å²) in [6, 6.07) is 14.6. The molecule has 0 unspecified atom stereocenters. The van der Waals surface area contributed by atoms with Gasteiger partial charge in [-0.05, 0) is 67.3 Å². The van der Waals surface area contributed by atoms with Crippen LogP contribution in [0.5, 0.6) is 0 Å². The number of nitrogens with zero attached hydrogens (tertiary/aromatic N) is 2. The maximum absolute atomic E-state index is 14.1. The van der Waals surface area contributed by atoms with Crippen molar-refractivity contribution in [1.82, 2.24) is 10.2 Å². The Morgan fingerprint density at radius 3 is 2.00 bits per heavy atom. The van der Waals surface area contributed by atoms with Crippen LogP contribution in [0.25, 0.3) is 0 Å². The highest BCUT2D eigenvalue weighted by atomic mass is 35.5. The van der Waals surface area contributed by atoms with Crippen LogP contribution in [-0.4, -0.2) is 44.3 Å². The third kappa shape index (κ3) is 8.54. The summed E-state index contributed by atoms with van der Waals surface area (Å²) in [5.74, 6) is -0.757. The lowest BCUT2D eigenvalue weighted by molar-refractivity contribution is -0.140. The van der Waals surface area contributed by atoms with E-state index in [1.54, 1.807) is 37.3 Å². The fourth-order valence-electron chi connectivity index (χ4n) is 4.18. The summed E-state index contributed by atoms with van der Waals surface area (Å²) in [5, 5.41) is 3.88. The third-order valence-corrected chi connectivity index (χ3v) is 9.75. The zero-order valence-corrected chi connectivity index (χ0v) is 27.5. The average molecular weight is 673 g/mol. The number of anilines is 1. The van der Waals surface area contributed by atoms with Crippen molar-refractivity contribution < 1.29 is 18.0 Å². The first-order valence-electron chi connectivity index (χ1n) is 13.3. The lowest BCUT2D eigenvalue weighted by atomic mass is 10.1. The van der Waals surface area contributed by atoms with Crippen LogP contribution < -0.4 is 9.62 Å². The summed E-state index contributed by atoms with van der Waals surface area (Å²) in [5.41, 5.74) is 1.64. The van der Waals surface area contributed by atoms with Crippen molar-refractivity contribution in [1.29, 1.82) is 0 Å². The van der Waals surface area contributed by atoms with Gasteiger partial charge >= 0.3 is 0 Å². The number of hydrogen-bond acceptors (Lipinski definition) is 4. The van der Waals surface area contributed by atoms with Gasteiger partial charge in [-0.15, -0.1) is 0 Å². The Morgan fingerprint density at radius 1 is 0.857 bits per heavy atom. The standard InChI is InChI=1S/C30H33Cl4N3O4S/c1-5-28(30(39)35-16-19(2)3)36(17-21-8-12-24(31)26(33)14-21)29(38)18-37(22-9-13-25(32)27(34)15-22)42(40,41)23-10-6-20(4)7-11-23/h6-15,19,28H,5,16-18H2,1-4H3,(H,35,39)/t28-/m0/s1. The van der Waals surface area contributed by atoms with Crippen molar-refractivity contribution in [3.05, 3.63) is 91.9 Å². The molecule has 0 saturated carbocycles. The monoisotopic (exact) mass is 671 g/mol. The molecule has 1 N–H and O–H groups in total. The first-order chi connectivity index (χ1) is 19.7. The molecular formula is C30H33Cl4N3O4S. The Morgan fingerprint density at radius 2 is 1.45 bits per heavy atom. The van der Waals surface area contributed by atoms with Gasteiger partial charge in [0.1, 0.15) is 12.6 Å². The molecule has 226 valence electrons. The first kappa shape index (κ1) is 34.0. The highest BCUT2D eigenvalue weighted by molar-refractivity contribution is 7.92. The van der Waals surface area contributed by atoms with Crippen LogP contribution in [0.2, 0.25) is 20.1 Å². The van der Waals surface area contributed by atoms with Crippen LogP contribution in [0, 0.1) is 12.8 Å². The second-order valence-corrected chi connectivity index (χ2v) is 13.7. The molecule has 0 spiro atoms. The molecule has 2 amide bonds. The van der Waals surface area contributed by atoms with E-state index in [9.17, 15) is 18.0 Å². The maximum Gasteiger partial charge on any atom is 0.264 e. The Balaban J connectivity index is 2.09. The molecule has 0 aliphatic heterocycles. The van der Waals surface area contributed by atoms with E-state index in [-0.39, 0.29) is 45.4 Å². The molecule has 12 heteroatoms. The molecule has 3 aromatic carbocycles. The number of rotatable bonds is 12. The number of aryl methyl sites for hydroxylation is 1. The molecule has 0 aliphatic carbocycles. The molecule has 0 aliphatic rings. The summed E-state index contributed by atoms with van der Waals surface area (Å²) in [7, 11) is -4.24. The van der Waals surface area contributed by atoms with Crippen LogP contribution in [-0.2, 0) is 26.2 Å². The number of benzene rings is 3. The molecule has 0 heterocycles. The van der Waals surface area contributed by atoms with E-state index in [0.29, 0.717) is 22.2 Å². The molecule has 0 radical (unpaired) electrons. The summed E-state index contributed by atoms with van der Waals surface area (Å²) in [6.07, 6.45) is 0.286. The SMILES string of the molecule is CC[C@@H](C(=O)NCC(C)C)N(Cc1ccc(Cl)c(Cl)c1)C(=O)CN(c1ccc(Cl)c(Cl)c1)S(=O)(=O)c1ccc(C)cc1. The molecule has 0 aromatic heterocycles. The zero-order valence-electron chi connectivity index (χ0n) is 23.7. The van der Waals surface area contributed by atoms with Gasteiger partial charge in [0.15, 0.2) is 0 Å². The van der Waals surface area contributed by atoms with E-state index in [2.05, 4.69) is 5.32 Å². The van der Waals surface area contributed by atoms with E-state index in [4.69, 9.17) is 46.4 Å². The molecule has 7 nitrogen and oxygen atoms in total. The van der Waals surface area contributed by atoms with Crippen LogP contribution in [0.1, 0.15) is 38.3 Å². The van der Waals surface area contributed by atoms with Gasteiger partial charge in [-0.3, -0.25) is 13.9 Å². The van der Waals surface area contributed by atoms with Crippen molar-refractivity contribution in [2.24, 2.45) is 5.92 Å². The van der Waals surface area contributed by atoms with Gasteiger partial charge in [0.05, 0.1) is 30.7 Å². The van der Waals surface area contributed by atoms with Crippen LogP contribution >= 0.6 is 46.4 Å². The number of amides is 2. The average Bonchev–Trinajstić information content (AvgIpc) is 2.94. The summed E-state index contributed by atoms with van der Waals surface area (Å²) < 4.78 is 28.9. The molecule has 0 saturated heterocycles. The Kier molecular flexibility index (Phi) is 12.0. The minimum absolute atomic E-state index is 0.00952. The van der Waals surface area contributed by atoms with Gasteiger partial charge in [0.25, 0.3) is 10.0 Å². The van der Waals surface area contributed by atoms with Crippen LogP contribution in [0.4, 0.5) is 5.69 Å². The van der Waals surface area contributed by atoms with Gasteiger partial charge < -0.3 is 10.2 Å². The summed E-state index contributed by atoms with van der Waals surface area (Å²) in [4.78, 5) is 28.8. The summed E-state index contributed by atoms with van der Waals surface area (Å²) in [6.45, 7) is 7.35. The number of sulfonamides is 1. The van der Waals surface area contributed by atoms with Crippen molar-refractivity contribution in [3.63, 3.8) is 0 Å².